The summed E-state index contributed by atoms with van der Waals surface area (Å²) in [6.07, 6.45) is 1.98. The van der Waals surface area contributed by atoms with Gasteiger partial charge in [0.25, 0.3) is 0 Å². The lowest BCUT2D eigenvalue weighted by Crippen LogP contribution is -2.17. The molecule has 8 nitrogen and oxygen atoms in total. The fraction of sp³-hybridized carbons (Fsp3) is 0.143. The van der Waals surface area contributed by atoms with Crippen LogP contribution in [0.4, 0.5) is 4.39 Å². The van der Waals surface area contributed by atoms with Crippen molar-refractivity contribution in [2.24, 2.45) is 10.9 Å². The summed E-state index contributed by atoms with van der Waals surface area (Å²) in [5.74, 6) is -0.455. The van der Waals surface area contributed by atoms with Crippen LogP contribution in [-0.4, -0.2) is 35.6 Å². The first-order valence-electron chi connectivity index (χ1n) is 6.85. The van der Waals surface area contributed by atoms with E-state index in [0.29, 0.717) is 23.5 Å². The molecule has 0 saturated heterocycles. The normalized spacial score (nSPS) is 13.2. The van der Waals surface area contributed by atoms with E-state index in [1.165, 1.54) is 12.1 Å². The summed E-state index contributed by atoms with van der Waals surface area (Å²) in [7, 11) is 0. The Balaban J connectivity index is 2.08. The Hall–Kier alpha value is -3.23. The van der Waals surface area contributed by atoms with Crippen LogP contribution in [0.5, 0.6) is 0 Å². The molecule has 3 heterocycles. The van der Waals surface area contributed by atoms with Crippen LogP contribution < -0.4 is 5.73 Å². The van der Waals surface area contributed by atoms with Crippen molar-refractivity contribution < 1.29 is 9.60 Å². The van der Waals surface area contributed by atoms with Crippen LogP contribution in [0.25, 0.3) is 11.4 Å². The summed E-state index contributed by atoms with van der Waals surface area (Å²) in [6.45, 7) is 1.83. The van der Waals surface area contributed by atoms with Crippen molar-refractivity contribution in [3.05, 3.63) is 53.1 Å². The number of oxime groups is 1. The van der Waals surface area contributed by atoms with Crippen LogP contribution in [0, 0.1) is 12.7 Å². The van der Waals surface area contributed by atoms with Gasteiger partial charge in [-0.25, -0.2) is 14.1 Å². The predicted molar refractivity (Wildman–Crippen MR) is 78.5 cm³/mol. The van der Waals surface area contributed by atoms with Crippen LogP contribution in [-0.2, 0) is 6.42 Å². The van der Waals surface area contributed by atoms with E-state index in [2.05, 4.69) is 20.5 Å². The smallest absolute Gasteiger partial charge is 0.190 e. The Kier molecular flexibility index (Phi) is 2.71. The van der Waals surface area contributed by atoms with Gasteiger partial charge < -0.3 is 10.9 Å². The van der Waals surface area contributed by atoms with Crippen LogP contribution >= 0.6 is 0 Å². The number of halogens is 1. The highest BCUT2D eigenvalue weighted by Gasteiger charge is 2.26. The first kappa shape index (κ1) is 13.4. The number of fused-ring (bicyclic) bond motifs is 5. The van der Waals surface area contributed by atoms with Gasteiger partial charge in [0.05, 0.1) is 28.5 Å². The molecule has 3 aromatic rings. The number of amidine groups is 1. The molecule has 2 aromatic heterocycles. The summed E-state index contributed by atoms with van der Waals surface area (Å²) < 4.78 is 17.1. The van der Waals surface area contributed by atoms with E-state index >= 15 is 0 Å². The first-order chi connectivity index (χ1) is 11.1. The average Bonchev–Trinajstić information content (AvgIpc) is 3.08. The molecule has 116 valence electrons. The molecule has 0 radical (unpaired) electrons. The molecule has 3 N–H and O–H groups in total. The van der Waals surface area contributed by atoms with Gasteiger partial charge >= 0.3 is 0 Å². The van der Waals surface area contributed by atoms with E-state index in [9.17, 15) is 4.39 Å². The molecule has 0 amide bonds. The fourth-order valence-electron chi connectivity index (χ4n) is 2.81. The number of hydrogen-bond donors (Lipinski definition) is 2. The van der Waals surface area contributed by atoms with E-state index in [1.54, 1.807) is 21.6 Å². The van der Waals surface area contributed by atoms with Crippen LogP contribution in [0.15, 0.2) is 29.7 Å². The van der Waals surface area contributed by atoms with Gasteiger partial charge in [0.15, 0.2) is 5.84 Å². The third-order valence-corrected chi connectivity index (χ3v) is 3.93. The van der Waals surface area contributed by atoms with Gasteiger partial charge in [-0.1, -0.05) is 10.4 Å². The number of benzene rings is 1. The minimum atomic E-state index is -0.372. The zero-order chi connectivity index (χ0) is 16.1. The molecule has 0 unspecified atom stereocenters. The van der Waals surface area contributed by atoms with Gasteiger partial charge in [-0.05, 0) is 19.1 Å². The van der Waals surface area contributed by atoms with E-state index in [4.69, 9.17) is 10.9 Å². The zero-order valence-corrected chi connectivity index (χ0v) is 12.1. The van der Waals surface area contributed by atoms with E-state index in [1.807, 2.05) is 6.92 Å². The number of aryl methyl sites for hydroxylation is 1. The molecular formula is C14H12FN7O. The number of nitrogens with zero attached hydrogens (tertiary/aromatic N) is 6. The van der Waals surface area contributed by atoms with Crippen molar-refractivity contribution in [2.75, 3.05) is 0 Å². The highest BCUT2D eigenvalue weighted by molar-refractivity contribution is 5.96. The highest BCUT2D eigenvalue weighted by atomic mass is 19.1. The van der Waals surface area contributed by atoms with Crippen molar-refractivity contribution in [3.8, 4) is 11.4 Å². The molecule has 23 heavy (non-hydrogen) atoms. The maximum Gasteiger partial charge on any atom is 0.190 e. The lowest BCUT2D eigenvalue weighted by molar-refractivity contribution is 0.318. The van der Waals surface area contributed by atoms with Gasteiger partial charge in [-0.2, -0.15) is 0 Å². The standard InChI is InChI=1S/C14H12FN7O/c1-7-10-5-12-13(14(16)19-23)17-6-21(12)9-3-2-8(15)4-11(9)22(10)20-18-7/h2-4,6,23H,5H2,1H3,(H2,16,19). The number of hydrogen-bond acceptors (Lipinski definition) is 5. The summed E-state index contributed by atoms with van der Waals surface area (Å²) in [5, 5.41) is 20.2. The SMILES string of the molecule is Cc1nnn2c1Cc1c(C(N)=NO)ncn1-c1ccc(F)cc1-2. The van der Waals surface area contributed by atoms with Gasteiger partial charge in [0.2, 0.25) is 0 Å². The number of aromatic nitrogens is 5. The Labute approximate surface area is 129 Å². The number of rotatable bonds is 1. The van der Waals surface area contributed by atoms with Gasteiger partial charge in [0.1, 0.15) is 17.8 Å². The summed E-state index contributed by atoms with van der Waals surface area (Å²) in [5.41, 5.74) is 9.57. The quantitative estimate of drug-likeness (QED) is 0.235. The average molecular weight is 313 g/mol. The molecule has 9 heteroatoms. The third kappa shape index (κ3) is 1.83. The lowest BCUT2D eigenvalue weighted by Gasteiger charge is -2.09. The van der Waals surface area contributed by atoms with Crippen molar-refractivity contribution in [1.82, 2.24) is 24.5 Å². The largest absolute Gasteiger partial charge is 0.409 e. The minimum absolute atomic E-state index is 0.0824. The van der Waals surface area contributed by atoms with Crippen LogP contribution in [0.2, 0.25) is 0 Å². The Bertz CT molecular complexity index is 956. The van der Waals surface area contributed by atoms with Gasteiger partial charge in [-0.3, -0.25) is 4.57 Å². The molecule has 0 saturated carbocycles. The molecule has 0 atom stereocenters. The molecule has 0 aliphatic carbocycles. The summed E-state index contributed by atoms with van der Waals surface area (Å²) >= 11 is 0. The third-order valence-electron chi connectivity index (χ3n) is 3.93. The summed E-state index contributed by atoms with van der Waals surface area (Å²) in [6, 6.07) is 4.39. The lowest BCUT2D eigenvalue weighted by atomic mass is 10.1. The monoisotopic (exact) mass is 313 g/mol. The highest BCUT2D eigenvalue weighted by Crippen LogP contribution is 2.30. The maximum absolute atomic E-state index is 13.7. The molecular weight excluding hydrogens is 301 g/mol. The van der Waals surface area contributed by atoms with E-state index in [-0.39, 0.29) is 11.7 Å². The fourth-order valence-corrected chi connectivity index (χ4v) is 2.81. The Morgan fingerprint density at radius 3 is 2.96 bits per heavy atom. The molecule has 0 spiro atoms. The predicted octanol–water partition coefficient (Wildman–Crippen LogP) is 0.899. The van der Waals surface area contributed by atoms with Crippen LogP contribution in [0.1, 0.15) is 22.8 Å². The zero-order valence-electron chi connectivity index (χ0n) is 12.1. The van der Waals surface area contributed by atoms with Crippen molar-refractivity contribution in [3.63, 3.8) is 0 Å². The first-order valence-corrected chi connectivity index (χ1v) is 6.85. The summed E-state index contributed by atoms with van der Waals surface area (Å²) in [4.78, 5) is 4.22. The Morgan fingerprint density at radius 1 is 1.35 bits per heavy atom. The number of nitrogens with two attached hydrogens (primary N) is 1. The van der Waals surface area contributed by atoms with Crippen LogP contribution in [0.3, 0.4) is 0 Å². The molecule has 1 aromatic carbocycles. The molecule has 0 bridgehead atoms. The van der Waals surface area contributed by atoms with Crippen molar-refractivity contribution in [2.45, 2.75) is 13.3 Å². The maximum atomic E-state index is 13.7. The molecule has 1 aliphatic heterocycles. The molecule has 4 rings (SSSR count). The molecule has 1 aliphatic rings. The second kappa shape index (κ2) is 4.63. The Morgan fingerprint density at radius 2 is 2.17 bits per heavy atom. The molecule has 0 fully saturated rings. The van der Waals surface area contributed by atoms with Crippen molar-refractivity contribution in [1.29, 1.82) is 0 Å². The topological polar surface area (TPSA) is 107 Å². The van der Waals surface area contributed by atoms with Crippen molar-refractivity contribution >= 4 is 5.84 Å². The minimum Gasteiger partial charge on any atom is -0.409 e. The van der Waals surface area contributed by atoms with Gasteiger partial charge in [-0.15, -0.1) is 5.10 Å². The second-order valence-corrected chi connectivity index (χ2v) is 5.24. The van der Waals surface area contributed by atoms with E-state index in [0.717, 1.165) is 17.1 Å². The van der Waals surface area contributed by atoms with E-state index < -0.39 is 0 Å². The number of imidazole rings is 1. The van der Waals surface area contributed by atoms with Gasteiger partial charge in [0, 0.05) is 12.5 Å². The second-order valence-electron chi connectivity index (χ2n) is 5.24.